The van der Waals surface area contributed by atoms with Crippen molar-refractivity contribution < 1.29 is 18.6 Å². The molecule has 33 heavy (non-hydrogen) atoms. The second-order valence-electron chi connectivity index (χ2n) is 7.40. The van der Waals surface area contributed by atoms with E-state index in [1.54, 1.807) is 19.2 Å². The number of hydrogen-bond acceptors (Lipinski definition) is 7. The van der Waals surface area contributed by atoms with Crippen LogP contribution in [0.15, 0.2) is 43.0 Å². The van der Waals surface area contributed by atoms with Gasteiger partial charge in [-0.1, -0.05) is 6.92 Å². The number of hydrogen-bond donors (Lipinski definition) is 3. The highest BCUT2D eigenvalue weighted by molar-refractivity contribution is 7.92. The highest BCUT2D eigenvalue weighted by atomic mass is 32.2. The molecule has 0 atom stereocenters. The summed E-state index contributed by atoms with van der Waals surface area (Å²) in [5, 5.41) is 0.664. The van der Waals surface area contributed by atoms with E-state index in [0.29, 0.717) is 22.7 Å². The Morgan fingerprint density at radius 3 is 2.67 bits per heavy atom. The van der Waals surface area contributed by atoms with Gasteiger partial charge in [0.05, 0.1) is 34.7 Å². The largest absolute Gasteiger partial charge is 0.397 e. The maximum absolute atomic E-state index is 15.0. The number of halogens is 2. The van der Waals surface area contributed by atoms with E-state index in [2.05, 4.69) is 14.7 Å². The zero-order valence-electron chi connectivity index (χ0n) is 18.4. The van der Waals surface area contributed by atoms with E-state index in [0.717, 1.165) is 29.9 Å². The fourth-order valence-electron chi connectivity index (χ4n) is 3.23. The Morgan fingerprint density at radius 1 is 1.30 bits per heavy atom. The topological polar surface area (TPSA) is 132 Å². The quantitative estimate of drug-likeness (QED) is 0.334. The Bertz CT molecular complexity index is 1310. The van der Waals surface area contributed by atoms with Crippen LogP contribution in [0.1, 0.15) is 31.9 Å². The molecule has 5 N–H and O–H groups in total. The summed E-state index contributed by atoms with van der Waals surface area (Å²) in [6.07, 6.45) is 6.39. The van der Waals surface area contributed by atoms with Crippen LogP contribution < -0.4 is 21.3 Å². The van der Waals surface area contributed by atoms with Crippen molar-refractivity contribution in [1.82, 2.24) is 14.5 Å². The van der Waals surface area contributed by atoms with Crippen LogP contribution in [0.4, 0.5) is 20.2 Å². The minimum atomic E-state index is -3.79. The third kappa shape index (κ3) is 5.46. The van der Waals surface area contributed by atoms with Crippen molar-refractivity contribution >= 4 is 27.1 Å². The number of pyridine rings is 1. The van der Waals surface area contributed by atoms with Crippen molar-refractivity contribution in [3.05, 3.63) is 71.7 Å². The lowest BCUT2D eigenvalue weighted by Crippen LogP contribution is -2.28. The molecular formula is C21H27F2N7O2S. The van der Waals surface area contributed by atoms with Gasteiger partial charge in [-0.15, -0.1) is 0 Å². The van der Waals surface area contributed by atoms with Crippen LogP contribution in [0.5, 0.6) is 0 Å². The molecule has 12 heteroatoms. The van der Waals surface area contributed by atoms with E-state index in [1.165, 1.54) is 6.20 Å². The van der Waals surface area contributed by atoms with Crippen molar-refractivity contribution in [3.63, 3.8) is 0 Å². The lowest BCUT2D eigenvalue weighted by Gasteiger charge is -2.19. The molecule has 0 amide bonds. The molecule has 9 nitrogen and oxygen atoms in total. The smallest absolute Gasteiger partial charge is 0.232 e. The van der Waals surface area contributed by atoms with Gasteiger partial charge in [-0.05, 0) is 38.5 Å². The van der Waals surface area contributed by atoms with Gasteiger partial charge in [-0.3, -0.25) is 14.7 Å². The minimum absolute atomic E-state index is 0. The van der Waals surface area contributed by atoms with Crippen LogP contribution in [0.25, 0.3) is 11.4 Å². The fraction of sp³-hybridized carbons (Fsp3) is 0.238. The average Bonchev–Trinajstić information content (AvgIpc) is 3.08. The summed E-state index contributed by atoms with van der Waals surface area (Å²) in [4.78, 5) is 8.51. The van der Waals surface area contributed by atoms with Gasteiger partial charge in [-0.25, -0.2) is 28.0 Å². The number of nitrogens with one attached hydrogen (secondary N) is 1. The maximum atomic E-state index is 15.0. The standard InChI is InChI=1S/C21H25F2N7O2S.H2/c1-4-7-33(31,32)28-19-6-5-17(22)21(20(19)23)30(25)12-18(24)15-8-16(10-26-9-15)29-11-13(2)27-14(29)3;/h5-6,8-12,28H,4,7,24-25H2,1-3H3;1H/b18-12-;. The monoisotopic (exact) mass is 479 g/mol. The van der Waals surface area contributed by atoms with Gasteiger partial charge in [0, 0.05) is 25.6 Å². The lowest BCUT2D eigenvalue weighted by atomic mass is 10.2. The first kappa shape index (κ1) is 24.1. The first-order valence-corrected chi connectivity index (χ1v) is 11.7. The van der Waals surface area contributed by atoms with E-state index < -0.39 is 33.0 Å². The molecule has 0 aliphatic rings. The predicted molar refractivity (Wildman–Crippen MR) is 126 cm³/mol. The summed E-state index contributed by atoms with van der Waals surface area (Å²) >= 11 is 0. The van der Waals surface area contributed by atoms with Gasteiger partial charge >= 0.3 is 0 Å². The highest BCUT2D eigenvalue weighted by Gasteiger charge is 2.20. The molecule has 0 saturated carbocycles. The third-order valence-corrected chi connectivity index (χ3v) is 6.16. The Hall–Kier alpha value is -3.51. The van der Waals surface area contributed by atoms with Crippen LogP contribution in [0.2, 0.25) is 0 Å². The first-order chi connectivity index (χ1) is 15.5. The Morgan fingerprint density at radius 2 is 2.03 bits per heavy atom. The van der Waals surface area contributed by atoms with Crippen LogP contribution >= 0.6 is 0 Å². The van der Waals surface area contributed by atoms with Crippen LogP contribution in [-0.4, -0.2) is 28.7 Å². The SMILES string of the molecule is CCCS(=O)(=O)Nc1ccc(F)c(N(N)/C=C(\N)c2cncc(-n3cc(C)nc3C)c2)c1F.[HH]. The normalized spacial score (nSPS) is 12.1. The summed E-state index contributed by atoms with van der Waals surface area (Å²) in [6, 6.07) is 3.63. The molecule has 178 valence electrons. The van der Waals surface area contributed by atoms with E-state index in [1.807, 2.05) is 24.6 Å². The number of anilines is 2. The van der Waals surface area contributed by atoms with Crippen molar-refractivity contribution in [1.29, 1.82) is 0 Å². The summed E-state index contributed by atoms with van der Waals surface area (Å²) in [5.41, 5.74) is 7.09. The van der Waals surface area contributed by atoms with Gasteiger partial charge in [0.1, 0.15) is 11.5 Å². The maximum Gasteiger partial charge on any atom is 0.232 e. The number of aromatic nitrogens is 3. The lowest BCUT2D eigenvalue weighted by molar-refractivity contribution is 0.580. The molecular weight excluding hydrogens is 452 g/mol. The van der Waals surface area contributed by atoms with Gasteiger partial charge in [0.15, 0.2) is 11.6 Å². The summed E-state index contributed by atoms with van der Waals surface area (Å²) in [5.74, 6) is 4.27. The van der Waals surface area contributed by atoms with E-state index >= 15 is 0 Å². The van der Waals surface area contributed by atoms with E-state index in [9.17, 15) is 17.2 Å². The number of nitrogens with two attached hydrogens (primary N) is 2. The van der Waals surface area contributed by atoms with Gasteiger partial charge in [-0.2, -0.15) is 0 Å². The number of nitrogens with zero attached hydrogens (tertiary/aromatic N) is 4. The average molecular weight is 480 g/mol. The Kier molecular flexibility index (Phi) is 6.98. The number of sulfonamides is 1. The van der Waals surface area contributed by atoms with Crippen LogP contribution in [-0.2, 0) is 10.0 Å². The first-order valence-electron chi connectivity index (χ1n) is 10.0. The Balaban J connectivity index is 0.00000408. The fourth-order valence-corrected chi connectivity index (χ4v) is 4.36. The number of hydrazine groups is 1. The van der Waals surface area contributed by atoms with Crippen molar-refractivity contribution in [3.8, 4) is 5.69 Å². The molecule has 2 aromatic heterocycles. The molecule has 0 fully saturated rings. The minimum Gasteiger partial charge on any atom is -0.397 e. The summed E-state index contributed by atoms with van der Waals surface area (Å²) in [6.45, 7) is 5.37. The molecule has 2 heterocycles. The number of aryl methyl sites for hydroxylation is 2. The molecule has 3 rings (SSSR count). The molecule has 0 saturated heterocycles. The summed E-state index contributed by atoms with van der Waals surface area (Å²) < 4.78 is 57.3. The van der Waals surface area contributed by atoms with Crippen LogP contribution in [0.3, 0.4) is 0 Å². The van der Waals surface area contributed by atoms with Gasteiger partial charge in [0.2, 0.25) is 10.0 Å². The molecule has 0 unspecified atom stereocenters. The third-order valence-electron chi connectivity index (χ3n) is 4.68. The molecule has 1 aromatic carbocycles. The number of imidazole rings is 1. The van der Waals surface area contributed by atoms with Gasteiger partial charge < -0.3 is 10.3 Å². The van der Waals surface area contributed by atoms with Crippen molar-refractivity contribution in [2.75, 3.05) is 15.5 Å². The van der Waals surface area contributed by atoms with Gasteiger partial charge in [0.25, 0.3) is 0 Å². The molecule has 0 radical (unpaired) electrons. The number of rotatable bonds is 8. The molecule has 0 bridgehead atoms. The van der Waals surface area contributed by atoms with Crippen LogP contribution in [0, 0.1) is 25.5 Å². The number of benzene rings is 1. The van der Waals surface area contributed by atoms with E-state index in [4.69, 9.17) is 11.6 Å². The molecule has 0 spiro atoms. The molecule has 0 aliphatic heterocycles. The van der Waals surface area contributed by atoms with Crippen molar-refractivity contribution in [2.45, 2.75) is 27.2 Å². The van der Waals surface area contributed by atoms with Crippen molar-refractivity contribution in [2.24, 2.45) is 11.6 Å². The zero-order valence-corrected chi connectivity index (χ0v) is 19.2. The second-order valence-corrected chi connectivity index (χ2v) is 9.24. The highest BCUT2D eigenvalue weighted by Crippen LogP contribution is 2.29. The zero-order chi connectivity index (χ0) is 24.3. The summed E-state index contributed by atoms with van der Waals surface area (Å²) in [7, 11) is -3.79. The Labute approximate surface area is 192 Å². The van der Waals surface area contributed by atoms with E-state index in [-0.39, 0.29) is 12.9 Å². The molecule has 0 aliphatic carbocycles. The predicted octanol–water partition coefficient (Wildman–Crippen LogP) is 3.20. The second kappa shape index (κ2) is 9.55. The molecule has 3 aromatic rings.